The van der Waals surface area contributed by atoms with E-state index in [1.807, 2.05) is 30.3 Å². The highest BCUT2D eigenvalue weighted by molar-refractivity contribution is 6.36. The van der Waals surface area contributed by atoms with Crippen molar-refractivity contribution in [3.8, 4) is 0 Å². The van der Waals surface area contributed by atoms with Crippen LogP contribution in [0.4, 0.5) is 5.69 Å². The lowest BCUT2D eigenvalue weighted by Crippen LogP contribution is -2.46. The first-order chi connectivity index (χ1) is 13.5. The van der Waals surface area contributed by atoms with Crippen LogP contribution in [0.25, 0.3) is 6.08 Å². The summed E-state index contributed by atoms with van der Waals surface area (Å²) in [5, 5.41) is 0.306. The van der Waals surface area contributed by atoms with Crippen molar-refractivity contribution in [1.82, 2.24) is 4.90 Å². The molecule has 2 aromatic rings. The summed E-state index contributed by atoms with van der Waals surface area (Å²) in [5.74, 6) is -2.96. The molecule has 2 fully saturated rings. The van der Waals surface area contributed by atoms with E-state index in [2.05, 4.69) is 0 Å². The van der Waals surface area contributed by atoms with E-state index >= 15 is 0 Å². The van der Waals surface area contributed by atoms with Crippen LogP contribution in [-0.2, 0) is 14.4 Å². The molecule has 0 saturated carbocycles. The number of halogens is 1. The molecule has 140 valence electrons. The van der Waals surface area contributed by atoms with Crippen LogP contribution in [-0.4, -0.2) is 28.7 Å². The first kappa shape index (κ1) is 17.0. The number of carbonyl (C=O) groups is 3. The van der Waals surface area contributed by atoms with Gasteiger partial charge in [-0.3, -0.25) is 14.4 Å². The maximum atomic E-state index is 13.4. The summed E-state index contributed by atoms with van der Waals surface area (Å²) in [7, 11) is 0. The lowest BCUT2D eigenvalue weighted by Gasteiger charge is -2.34. The van der Waals surface area contributed by atoms with Crippen molar-refractivity contribution in [2.24, 2.45) is 17.6 Å². The van der Waals surface area contributed by atoms with Gasteiger partial charge in [0.25, 0.3) is 0 Å². The summed E-state index contributed by atoms with van der Waals surface area (Å²) in [6.45, 7) is 0. The highest BCUT2D eigenvalue weighted by Crippen LogP contribution is 2.53. The minimum Gasteiger partial charge on any atom is -0.368 e. The summed E-state index contributed by atoms with van der Waals surface area (Å²) >= 11 is 6.25. The number of anilines is 1. The van der Waals surface area contributed by atoms with Crippen LogP contribution in [0.3, 0.4) is 0 Å². The van der Waals surface area contributed by atoms with Crippen molar-refractivity contribution in [3.05, 3.63) is 70.9 Å². The van der Waals surface area contributed by atoms with Crippen molar-refractivity contribution < 1.29 is 14.4 Å². The number of hydrogen-bond donors (Lipinski definition) is 1. The smallest absolute Gasteiger partial charge is 0.240 e. The zero-order valence-corrected chi connectivity index (χ0v) is 15.4. The van der Waals surface area contributed by atoms with Crippen molar-refractivity contribution in [2.75, 3.05) is 4.90 Å². The van der Waals surface area contributed by atoms with E-state index in [0.717, 1.165) is 16.0 Å². The fraction of sp³-hybridized carbons (Fsp3) is 0.190. The molecule has 28 heavy (non-hydrogen) atoms. The SMILES string of the molecule is NC(=O)[C@H]1[C@@H]2C(=O)N(c3ccccc3Cl)C(=O)[C@@H]2[C@@H]2c3ccccc3C=CN12. The second-order valence-corrected chi connectivity index (χ2v) is 7.61. The lowest BCUT2D eigenvalue weighted by molar-refractivity contribution is -0.129. The Balaban J connectivity index is 1.67. The van der Waals surface area contributed by atoms with Gasteiger partial charge < -0.3 is 10.6 Å². The summed E-state index contributed by atoms with van der Waals surface area (Å²) < 4.78 is 0. The predicted octanol–water partition coefficient (Wildman–Crippen LogP) is 2.34. The van der Waals surface area contributed by atoms with Crippen LogP contribution in [0.5, 0.6) is 0 Å². The van der Waals surface area contributed by atoms with Crippen LogP contribution in [0.15, 0.2) is 54.7 Å². The number of carbonyl (C=O) groups excluding carboxylic acids is 3. The van der Waals surface area contributed by atoms with Crippen LogP contribution in [0, 0.1) is 11.8 Å². The Bertz CT molecular complexity index is 1070. The third-order valence-electron chi connectivity index (χ3n) is 5.85. The van der Waals surface area contributed by atoms with E-state index < -0.39 is 35.7 Å². The van der Waals surface area contributed by atoms with Crippen molar-refractivity contribution in [1.29, 1.82) is 0 Å². The molecule has 3 aliphatic heterocycles. The number of fused-ring (bicyclic) bond motifs is 5. The number of imide groups is 1. The number of nitrogens with zero attached hydrogens (tertiary/aromatic N) is 2. The van der Waals surface area contributed by atoms with Crippen molar-refractivity contribution in [2.45, 2.75) is 12.1 Å². The van der Waals surface area contributed by atoms with Crippen LogP contribution in [0.1, 0.15) is 17.2 Å². The summed E-state index contributed by atoms with van der Waals surface area (Å²) in [4.78, 5) is 41.9. The zero-order chi connectivity index (χ0) is 19.6. The monoisotopic (exact) mass is 393 g/mol. The molecule has 7 heteroatoms. The van der Waals surface area contributed by atoms with E-state index in [1.165, 1.54) is 0 Å². The molecule has 5 rings (SSSR count). The Hall–Kier alpha value is -3.12. The van der Waals surface area contributed by atoms with E-state index in [-0.39, 0.29) is 5.91 Å². The maximum Gasteiger partial charge on any atom is 0.240 e. The third-order valence-corrected chi connectivity index (χ3v) is 6.17. The third kappa shape index (κ3) is 2.12. The fourth-order valence-corrected chi connectivity index (χ4v) is 4.97. The van der Waals surface area contributed by atoms with Crippen LogP contribution in [0.2, 0.25) is 5.02 Å². The minimum absolute atomic E-state index is 0.306. The van der Waals surface area contributed by atoms with Gasteiger partial charge in [0.05, 0.1) is 28.6 Å². The van der Waals surface area contributed by atoms with E-state index in [9.17, 15) is 14.4 Å². The Kier molecular flexibility index (Phi) is 3.61. The maximum absolute atomic E-state index is 13.4. The van der Waals surface area contributed by atoms with Crippen molar-refractivity contribution in [3.63, 3.8) is 0 Å². The first-order valence-electron chi connectivity index (χ1n) is 8.97. The van der Waals surface area contributed by atoms with Gasteiger partial charge in [0.1, 0.15) is 6.04 Å². The number of primary amides is 1. The molecule has 4 atom stereocenters. The molecule has 2 N–H and O–H groups in total. The number of rotatable bonds is 2. The number of para-hydroxylation sites is 1. The Morgan fingerprint density at radius 2 is 1.64 bits per heavy atom. The van der Waals surface area contributed by atoms with Gasteiger partial charge in [-0.2, -0.15) is 0 Å². The molecule has 3 aliphatic rings. The molecule has 2 aromatic carbocycles. The second-order valence-electron chi connectivity index (χ2n) is 7.20. The fourth-order valence-electron chi connectivity index (χ4n) is 4.75. The quantitative estimate of drug-likeness (QED) is 0.794. The normalized spacial score (nSPS) is 27.6. The molecule has 0 spiro atoms. The Morgan fingerprint density at radius 3 is 2.39 bits per heavy atom. The summed E-state index contributed by atoms with van der Waals surface area (Å²) in [6, 6.07) is 13.1. The molecule has 6 nitrogen and oxygen atoms in total. The number of benzene rings is 2. The van der Waals surface area contributed by atoms with Gasteiger partial charge >= 0.3 is 0 Å². The van der Waals surface area contributed by atoms with Gasteiger partial charge in [-0.25, -0.2) is 4.90 Å². The van der Waals surface area contributed by atoms with Crippen molar-refractivity contribution >= 4 is 41.1 Å². The largest absolute Gasteiger partial charge is 0.368 e. The highest BCUT2D eigenvalue weighted by atomic mass is 35.5. The number of amides is 3. The molecule has 3 heterocycles. The summed E-state index contributed by atoms with van der Waals surface area (Å²) in [5.41, 5.74) is 7.89. The molecule has 0 aromatic heterocycles. The van der Waals surface area contributed by atoms with Gasteiger partial charge in [0.15, 0.2) is 0 Å². The number of hydrogen-bond acceptors (Lipinski definition) is 4. The first-order valence-corrected chi connectivity index (χ1v) is 9.34. The molecular formula is C21H16ClN3O3. The van der Waals surface area contributed by atoms with Gasteiger partial charge in [-0.05, 0) is 29.3 Å². The Morgan fingerprint density at radius 1 is 0.964 bits per heavy atom. The van der Waals surface area contributed by atoms with Gasteiger partial charge in [0.2, 0.25) is 17.7 Å². The number of nitrogens with two attached hydrogens (primary N) is 1. The Labute approximate surface area is 166 Å². The minimum atomic E-state index is -0.886. The molecule has 0 unspecified atom stereocenters. The predicted molar refractivity (Wildman–Crippen MR) is 104 cm³/mol. The highest BCUT2D eigenvalue weighted by Gasteiger charge is 2.64. The average Bonchev–Trinajstić information content (AvgIpc) is 3.16. The van der Waals surface area contributed by atoms with E-state index in [4.69, 9.17) is 17.3 Å². The molecule has 0 aliphatic carbocycles. The van der Waals surface area contributed by atoms with Crippen LogP contribution >= 0.6 is 11.6 Å². The second kappa shape index (κ2) is 5.94. The zero-order valence-electron chi connectivity index (χ0n) is 14.7. The standard InChI is InChI=1S/C21H16ClN3O3/c22-13-7-3-4-8-14(13)25-20(27)15-16(21(25)28)18(19(23)26)24-10-9-11-5-1-2-6-12(11)17(15)24/h1-10,15-18H,(H2,23,26)/t15-,16+,17-,18+/m0/s1. The average molecular weight is 394 g/mol. The molecular weight excluding hydrogens is 378 g/mol. The van der Waals surface area contributed by atoms with Gasteiger partial charge in [-0.15, -0.1) is 0 Å². The lowest BCUT2D eigenvalue weighted by atomic mass is 9.84. The summed E-state index contributed by atoms with van der Waals surface area (Å²) in [6.07, 6.45) is 3.64. The molecule has 3 amide bonds. The van der Waals surface area contributed by atoms with E-state index in [0.29, 0.717) is 10.7 Å². The molecule has 0 radical (unpaired) electrons. The van der Waals surface area contributed by atoms with Gasteiger partial charge in [0, 0.05) is 6.20 Å². The van der Waals surface area contributed by atoms with Crippen LogP contribution < -0.4 is 10.6 Å². The van der Waals surface area contributed by atoms with Gasteiger partial charge in [-0.1, -0.05) is 48.0 Å². The topological polar surface area (TPSA) is 83.7 Å². The molecule has 0 bridgehead atoms. The molecule has 2 saturated heterocycles. The van der Waals surface area contributed by atoms with E-state index in [1.54, 1.807) is 35.4 Å².